The van der Waals surface area contributed by atoms with Crippen molar-refractivity contribution in [3.8, 4) is 0 Å². The van der Waals surface area contributed by atoms with Crippen LogP contribution in [0.15, 0.2) is 30.3 Å². The normalized spacial score (nSPS) is 15.2. The van der Waals surface area contributed by atoms with Crippen molar-refractivity contribution in [3.63, 3.8) is 0 Å². The first-order valence-electron chi connectivity index (χ1n) is 5.76. The molecule has 1 aromatic carbocycles. The van der Waals surface area contributed by atoms with Crippen molar-refractivity contribution in [2.75, 3.05) is 6.61 Å². The molecule has 1 aromatic rings. The Morgan fingerprint density at radius 1 is 1.31 bits per heavy atom. The second kappa shape index (κ2) is 5.54. The van der Waals surface area contributed by atoms with Gasteiger partial charge in [-0.15, -0.1) is 0 Å². The Morgan fingerprint density at radius 3 is 2.69 bits per heavy atom. The molecule has 3 heteroatoms. The number of ether oxygens (including phenoxy) is 1. The largest absolute Gasteiger partial charge is 0.448 e. The van der Waals surface area contributed by atoms with Gasteiger partial charge in [0.05, 0.1) is 12.6 Å². The SMILES string of the molecule is O=C([N]C1CCC1)OCCc1ccccc1. The highest BCUT2D eigenvalue weighted by atomic mass is 16.5. The number of carbonyl (C=O) groups excluding carboxylic acids is 1. The average Bonchev–Trinajstić information content (AvgIpc) is 2.25. The van der Waals surface area contributed by atoms with Gasteiger partial charge in [0, 0.05) is 6.42 Å². The number of hydrogen-bond acceptors (Lipinski definition) is 2. The van der Waals surface area contributed by atoms with Crippen molar-refractivity contribution in [1.82, 2.24) is 5.32 Å². The summed E-state index contributed by atoms with van der Waals surface area (Å²) in [7, 11) is 0. The number of amides is 1. The van der Waals surface area contributed by atoms with E-state index in [1.165, 1.54) is 12.0 Å². The van der Waals surface area contributed by atoms with Crippen molar-refractivity contribution < 1.29 is 9.53 Å². The second-order valence-corrected chi connectivity index (χ2v) is 4.06. The molecular formula is C13H16NO2. The zero-order valence-electron chi connectivity index (χ0n) is 9.26. The van der Waals surface area contributed by atoms with Crippen LogP contribution in [0.25, 0.3) is 0 Å². The van der Waals surface area contributed by atoms with Gasteiger partial charge in [-0.25, -0.2) is 10.1 Å². The van der Waals surface area contributed by atoms with E-state index in [-0.39, 0.29) is 6.04 Å². The smallest absolute Gasteiger partial charge is 0.429 e. The monoisotopic (exact) mass is 218 g/mol. The maximum atomic E-state index is 11.2. The van der Waals surface area contributed by atoms with Gasteiger partial charge in [-0.1, -0.05) is 30.3 Å². The van der Waals surface area contributed by atoms with E-state index in [1.807, 2.05) is 30.3 Å². The van der Waals surface area contributed by atoms with Crippen molar-refractivity contribution in [3.05, 3.63) is 35.9 Å². The Hall–Kier alpha value is -1.51. The van der Waals surface area contributed by atoms with Crippen LogP contribution < -0.4 is 5.32 Å². The van der Waals surface area contributed by atoms with Crippen molar-refractivity contribution in [1.29, 1.82) is 0 Å². The van der Waals surface area contributed by atoms with Gasteiger partial charge in [0.25, 0.3) is 0 Å². The minimum absolute atomic E-state index is 0.226. The summed E-state index contributed by atoms with van der Waals surface area (Å²) in [6, 6.07) is 10.2. The molecule has 0 aromatic heterocycles. The lowest BCUT2D eigenvalue weighted by atomic mass is 9.93. The third-order valence-corrected chi connectivity index (χ3v) is 2.82. The Balaban J connectivity index is 1.62. The Bertz CT molecular complexity index is 333. The summed E-state index contributed by atoms with van der Waals surface area (Å²) in [5.41, 5.74) is 1.18. The molecule has 3 nitrogen and oxygen atoms in total. The molecule has 0 unspecified atom stereocenters. The maximum absolute atomic E-state index is 11.2. The third kappa shape index (κ3) is 3.26. The van der Waals surface area contributed by atoms with E-state index in [9.17, 15) is 4.79 Å². The first kappa shape index (κ1) is 11.0. The number of hydrogen-bond donors (Lipinski definition) is 0. The molecule has 1 fully saturated rings. The molecule has 1 saturated carbocycles. The van der Waals surface area contributed by atoms with Crippen molar-refractivity contribution in [2.45, 2.75) is 31.7 Å². The lowest BCUT2D eigenvalue weighted by Gasteiger charge is -2.23. The predicted octanol–water partition coefficient (Wildman–Crippen LogP) is 2.52. The summed E-state index contributed by atoms with van der Waals surface area (Å²) < 4.78 is 5.05. The van der Waals surface area contributed by atoms with Gasteiger partial charge < -0.3 is 4.74 Å². The molecule has 0 N–H and O–H groups in total. The molecule has 1 amide bonds. The lowest BCUT2D eigenvalue weighted by Crippen LogP contribution is -2.34. The first-order chi connectivity index (χ1) is 7.84. The molecule has 1 aliphatic rings. The summed E-state index contributed by atoms with van der Waals surface area (Å²) in [4.78, 5) is 11.2. The first-order valence-corrected chi connectivity index (χ1v) is 5.76. The number of nitrogens with zero attached hydrogens (tertiary/aromatic N) is 1. The molecule has 0 bridgehead atoms. The van der Waals surface area contributed by atoms with E-state index >= 15 is 0 Å². The molecule has 1 radical (unpaired) electrons. The van der Waals surface area contributed by atoms with Crippen LogP contribution in [0.5, 0.6) is 0 Å². The van der Waals surface area contributed by atoms with E-state index in [2.05, 4.69) is 5.32 Å². The highest BCUT2D eigenvalue weighted by molar-refractivity contribution is 5.67. The van der Waals surface area contributed by atoms with Crippen LogP contribution in [-0.2, 0) is 11.2 Å². The predicted molar refractivity (Wildman–Crippen MR) is 61.3 cm³/mol. The number of rotatable bonds is 4. The van der Waals surface area contributed by atoms with Gasteiger partial charge in [-0.3, -0.25) is 0 Å². The lowest BCUT2D eigenvalue weighted by molar-refractivity contribution is 0.136. The molecule has 2 rings (SSSR count). The Morgan fingerprint density at radius 2 is 2.06 bits per heavy atom. The van der Waals surface area contributed by atoms with E-state index in [0.29, 0.717) is 6.61 Å². The molecular weight excluding hydrogens is 202 g/mol. The molecule has 0 saturated heterocycles. The second-order valence-electron chi connectivity index (χ2n) is 4.06. The summed E-state index contributed by atoms with van der Waals surface area (Å²) >= 11 is 0. The van der Waals surface area contributed by atoms with Crippen LogP contribution >= 0.6 is 0 Å². The van der Waals surface area contributed by atoms with Crippen molar-refractivity contribution >= 4 is 6.09 Å². The Labute approximate surface area is 95.8 Å². The molecule has 0 spiro atoms. The topological polar surface area (TPSA) is 40.4 Å². The van der Waals surface area contributed by atoms with E-state index in [4.69, 9.17) is 4.74 Å². The maximum Gasteiger partial charge on any atom is 0.429 e. The van der Waals surface area contributed by atoms with Gasteiger partial charge in [-0.05, 0) is 24.8 Å². The number of benzene rings is 1. The van der Waals surface area contributed by atoms with Gasteiger partial charge >= 0.3 is 6.09 Å². The van der Waals surface area contributed by atoms with Gasteiger partial charge in [0.1, 0.15) is 0 Å². The van der Waals surface area contributed by atoms with Crippen LogP contribution in [0.2, 0.25) is 0 Å². The van der Waals surface area contributed by atoms with Gasteiger partial charge in [-0.2, -0.15) is 0 Å². The summed E-state index contributed by atoms with van der Waals surface area (Å²) in [5, 5.41) is 3.95. The fraction of sp³-hybridized carbons (Fsp3) is 0.462. The van der Waals surface area contributed by atoms with E-state index < -0.39 is 6.09 Å². The van der Waals surface area contributed by atoms with Gasteiger partial charge in [0.2, 0.25) is 0 Å². The van der Waals surface area contributed by atoms with E-state index in [0.717, 1.165) is 19.3 Å². The average molecular weight is 218 g/mol. The highest BCUT2D eigenvalue weighted by Gasteiger charge is 2.21. The van der Waals surface area contributed by atoms with Crippen molar-refractivity contribution in [2.24, 2.45) is 0 Å². The van der Waals surface area contributed by atoms with Crippen LogP contribution in [0.4, 0.5) is 4.79 Å². The molecule has 85 valence electrons. The fourth-order valence-electron chi connectivity index (χ4n) is 1.60. The standard InChI is InChI=1S/C13H16NO2/c15-13(14-12-7-4-8-12)16-10-9-11-5-2-1-3-6-11/h1-3,5-6,12H,4,7-10H2. The minimum atomic E-state index is -0.402. The molecule has 1 aliphatic carbocycles. The Kier molecular flexibility index (Phi) is 3.81. The molecule has 0 heterocycles. The number of carbonyl (C=O) groups is 1. The molecule has 16 heavy (non-hydrogen) atoms. The van der Waals surface area contributed by atoms with Gasteiger partial charge in [0.15, 0.2) is 0 Å². The quantitative estimate of drug-likeness (QED) is 0.779. The fourth-order valence-corrected chi connectivity index (χ4v) is 1.60. The highest BCUT2D eigenvalue weighted by Crippen LogP contribution is 2.19. The van der Waals surface area contributed by atoms with E-state index in [1.54, 1.807) is 0 Å². The van der Waals surface area contributed by atoms with Crippen LogP contribution in [-0.4, -0.2) is 18.7 Å². The molecule has 0 atom stereocenters. The third-order valence-electron chi connectivity index (χ3n) is 2.82. The molecule has 0 aliphatic heterocycles. The van der Waals surface area contributed by atoms with Crippen LogP contribution in [0.3, 0.4) is 0 Å². The minimum Gasteiger partial charge on any atom is -0.448 e. The summed E-state index contributed by atoms with van der Waals surface area (Å²) in [6.07, 6.45) is 3.61. The summed E-state index contributed by atoms with van der Waals surface area (Å²) in [5.74, 6) is 0. The van der Waals surface area contributed by atoms with Crippen LogP contribution in [0, 0.1) is 0 Å². The zero-order chi connectivity index (χ0) is 11.2. The summed E-state index contributed by atoms with van der Waals surface area (Å²) in [6.45, 7) is 0.416. The van der Waals surface area contributed by atoms with Crippen LogP contribution in [0.1, 0.15) is 24.8 Å². The zero-order valence-corrected chi connectivity index (χ0v) is 9.26.